The maximum atomic E-state index is 12.1. The quantitative estimate of drug-likeness (QED) is 0.611. The molecule has 0 aliphatic rings. The van der Waals surface area contributed by atoms with Gasteiger partial charge in [0.05, 0.1) is 21.9 Å². The lowest BCUT2D eigenvalue weighted by atomic mass is 10.2. The molecule has 2 rings (SSSR count). The summed E-state index contributed by atoms with van der Waals surface area (Å²) in [6, 6.07) is 15.4. The number of rotatable bonds is 4. The molecule has 0 fully saturated rings. The average Bonchev–Trinajstić information content (AvgIpc) is 2.44. The number of benzene rings is 2. The Kier molecular flexibility index (Phi) is 4.73. The summed E-state index contributed by atoms with van der Waals surface area (Å²) >= 11 is 0. The van der Waals surface area contributed by atoms with Gasteiger partial charge in [-0.2, -0.15) is 18.6 Å². The van der Waals surface area contributed by atoms with Crippen LogP contribution in [0, 0.1) is 0 Å². The van der Waals surface area contributed by atoms with Gasteiger partial charge < -0.3 is 0 Å². The third-order valence-electron chi connectivity index (χ3n) is 2.52. The van der Waals surface area contributed by atoms with Crippen LogP contribution < -0.4 is 0 Å². The Bertz CT molecular complexity index is 746. The molecule has 0 spiro atoms. The van der Waals surface area contributed by atoms with E-state index in [-0.39, 0.29) is 4.90 Å². The van der Waals surface area contributed by atoms with Crippen molar-refractivity contribution in [3.63, 3.8) is 0 Å². The second-order valence-corrected chi connectivity index (χ2v) is 7.23. The van der Waals surface area contributed by atoms with Crippen LogP contribution in [0.4, 0.5) is 11.4 Å². The first-order valence-electron chi connectivity index (χ1n) is 6.79. The second-order valence-electron chi connectivity index (χ2n) is 5.68. The molecule has 0 aliphatic carbocycles. The zero-order valence-electron chi connectivity index (χ0n) is 12.7. The van der Waals surface area contributed by atoms with Crippen molar-refractivity contribution < 1.29 is 12.6 Å². The van der Waals surface area contributed by atoms with E-state index in [4.69, 9.17) is 4.18 Å². The number of nitrogens with zero attached hydrogens (tertiary/aromatic N) is 2. The van der Waals surface area contributed by atoms with Crippen LogP contribution in [0.1, 0.15) is 20.8 Å². The van der Waals surface area contributed by atoms with Crippen molar-refractivity contribution in [3.8, 4) is 0 Å². The zero-order chi connectivity index (χ0) is 16.2. The highest BCUT2D eigenvalue weighted by Gasteiger charge is 2.23. The minimum Gasteiger partial charge on any atom is -0.261 e. The molecule has 0 N–H and O–H groups in total. The van der Waals surface area contributed by atoms with Gasteiger partial charge in [-0.25, -0.2) is 0 Å². The normalized spacial score (nSPS) is 12.7. The SMILES string of the molecule is CC(C)(C)OS(=O)(=O)c1ccc(N=Nc2ccccc2)cc1. The van der Waals surface area contributed by atoms with Gasteiger partial charge in [-0.15, -0.1) is 0 Å². The summed E-state index contributed by atoms with van der Waals surface area (Å²) in [5.74, 6) is 0. The smallest absolute Gasteiger partial charge is 0.261 e. The molecule has 0 saturated carbocycles. The average molecular weight is 318 g/mol. The Morgan fingerprint density at radius 3 is 1.82 bits per heavy atom. The topological polar surface area (TPSA) is 68.1 Å². The highest BCUT2D eigenvalue weighted by atomic mass is 32.2. The lowest BCUT2D eigenvalue weighted by Gasteiger charge is -2.18. The van der Waals surface area contributed by atoms with Crippen molar-refractivity contribution in [2.45, 2.75) is 31.3 Å². The van der Waals surface area contributed by atoms with E-state index >= 15 is 0 Å². The fraction of sp³-hybridized carbons (Fsp3) is 0.250. The first-order chi connectivity index (χ1) is 10.3. The van der Waals surface area contributed by atoms with Gasteiger partial charge in [0.15, 0.2) is 0 Å². The highest BCUT2D eigenvalue weighted by molar-refractivity contribution is 7.86. The summed E-state index contributed by atoms with van der Waals surface area (Å²) in [5.41, 5.74) is 0.527. The van der Waals surface area contributed by atoms with Crippen LogP contribution in [0.15, 0.2) is 69.7 Å². The van der Waals surface area contributed by atoms with E-state index in [2.05, 4.69) is 10.2 Å². The van der Waals surface area contributed by atoms with E-state index < -0.39 is 15.7 Å². The molecule has 6 heteroatoms. The predicted molar refractivity (Wildman–Crippen MR) is 85.1 cm³/mol. The van der Waals surface area contributed by atoms with E-state index in [1.807, 2.05) is 30.3 Å². The maximum Gasteiger partial charge on any atom is 0.297 e. The van der Waals surface area contributed by atoms with E-state index in [1.54, 1.807) is 32.9 Å². The summed E-state index contributed by atoms with van der Waals surface area (Å²) in [6.45, 7) is 5.06. The Morgan fingerprint density at radius 1 is 0.818 bits per heavy atom. The fourth-order valence-corrected chi connectivity index (χ4v) is 2.89. The van der Waals surface area contributed by atoms with E-state index in [1.165, 1.54) is 12.1 Å². The van der Waals surface area contributed by atoms with Gasteiger partial charge in [-0.05, 0) is 57.2 Å². The summed E-state index contributed by atoms with van der Waals surface area (Å²) < 4.78 is 29.2. The van der Waals surface area contributed by atoms with Crippen molar-refractivity contribution in [2.24, 2.45) is 10.2 Å². The van der Waals surface area contributed by atoms with Crippen molar-refractivity contribution >= 4 is 21.5 Å². The molecule has 22 heavy (non-hydrogen) atoms. The first-order valence-corrected chi connectivity index (χ1v) is 8.20. The molecule has 0 heterocycles. The molecule has 0 amide bonds. The Balaban J connectivity index is 2.16. The van der Waals surface area contributed by atoms with Crippen molar-refractivity contribution in [3.05, 3.63) is 54.6 Å². The molecule has 0 atom stereocenters. The molecule has 116 valence electrons. The van der Waals surface area contributed by atoms with Crippen molar-refractivity contribution in [2.75, 3.05) is 0 Å². The summed E-state index contributed by atoms with van der Waals surface area (Å²) in [4.78, 5) is 0.0982. The zero-order valence-corrected chi connectivity index (χ0v) is 13.5. The molecule has 2 aromatic rings. The van der Waals surface area contributed by atoms with Crippen LogP contribution in [0.25, 0.3) is 0 Å². The Labute approximate surface area is 130 Å². The molecule has 0 aromatic heterocycles. The highest BCUT2D eigenvalue weighted by Crippen LogP contribution is 2.23. The fourth-order valence-electron chi connectivity index (χ4n) is 1.67. The van der Waals surface area contributed by atoms with Crippen LogP contribution >= 0.6 is 0 Å². The first kappa shape index (κ1) is 16.3. The summed E-state index contributed by atoms with van der Waals surface area (Å²) in [6.07, 6.45) is 0. The number of hydrogen-bond acceptors (Lipinski definition) is 5. The van der Waals surface area contributed by atoms with Crippen LogP contribution in [0.2, 0.25) is 0 Å². The summed E-state index contributed by atoms with van der Waals surface area (Å²) in [5, 5.41) is 8.14. The van der Waals surface area contributed by atoms with E-state index in [9.17, 15) is 8.42 Å². The van der Waals surface area contributed by atoms with Gasteiger partial charge >= 0.3 is 0 Å². The van der Waals surface area contributed by atoms with Crippen molar-refractivity contribution in [1.29, 1.82) is 0 Å². The molecule has 2 aromatic carbocycles. The van der Waals surface area contributed by atoms with Gasteiger partial charge in [0.2, 0.25) is 0 Å². The molecule has 5 nitrogen and oxygen atoms in total. The number of azo groups is 1. The lowest BCUT2D eigenvalue weighted by molar-refractivity contribution is 0.139. The minimum absolute atomic E-state index is 0.0982. The van der Waals surface area contributed by atoms with Crippen LogP contribution in [-0.4, -0.2) is 14.0 Å². The molecule has 0 saturated heterocycles. The molecule has 0 unspecified atom stereocenters. The standard InChI is InChI=1S/C16H18N2O3S/c1-16(2,3)21-22(19,20)15-11-9-14(10-12-15)18-17-13-7-5-4-6-8-13/h4-12H,1-3H3. The molecule has 0 radical (unpaired) electrons. The van der Waals surface area contributed by atoms with E-state index in [0.717, 1.165) is 5.69 Å². The lowest BCUT2D eigenvalue weighted by Crippen LogP contribution is -2.24. The Morgan fingerprint density at radius 2 is 1.32 bits per heavy atom. The van der Waals surface area contributed by atoms with Gasteiger partial charge in [0.1, 0.15) is 0 Å². The summed E-state index contributed by atoms with van der Waals surface area (Å²) in [7, 11) is -3.77. The van der Waals surface area contributed by atoms with Crippen molar-refractivity contribution in [1.82, 2.24) is 0 Å². The Hall–Kier alpha value is -2.05. The molecule has 0 aliphatic heterocycles. The number of hydrogen-bond donors (Lipinski definition) is 0. The van der Waals surface area contributed by atoms with Crippen LogP contribution in [-0.2, 0) is 14.3 Å². The largest absolute Gasteiger partial charge is 0.297 e. The maximum absolute atomic E-state index is 12.1. The van der Waals surface area contributed by atoms with Crippen LogP contribution in [0.5, 0.6) is 0 Å². The second kappa shape index (κ2) is 6.37. The molecular weight excluding hydrogens is 300 g/mol. The van der Waals surface area contributed by atoms with Gasteiger partial charge in [-0.1, -0.05) is 18.2 Å². The van der Waals surface area contributed by atoms with Crippen LogP contribution in [0.3, 0.4) is 0 Å². The molecule has 0 bridgehead atoms. The third-order valence-corrected chi connectivity index (χ3v) is 4.09. The minimum atomic E-state index is -3.77. The van der Waals surface area contributed by atoms with Gasteiger partial charge in [0, 0.05) is 0 Å². The van der Waals surface area contributed by atoms with E-state index in [0.29, 0.717) is 5.69 Å². The predicted octanol–water partition coefficient (Wildman–Crippen LogP) is 4.61. The van der Waals surface area contributed by atoms with Gasteiger partial charge in [0.25, 0.3) is 10.1 Å². The van der Waals surface area contributed by atoms with Gasteiger partial charge in [-0.3, -0.25) is 4.18 Å². The third kappa shape index (κ3) is 4.75. The monoisotopic (exact) mass is 318 g/mol. The molecular formula is C16H18N2O3S.